The summed E-state index contributed by atoms with van der Waals surface area (Å²) in [6.45, 7) is 8.43. The second-order valence-corrected chi connectivity index (χ2v) is 8.33. The van der Waals surface area contributed by atoms with Gasteiger partial charge in [-0.15, -0.1) is 0 Å². The number of carbonyl (C=O) groups excluding carboxylic acids is 3. The van der Waals surface area contributed by atoms with E-state index in [1.165, 1.54) is 4.90 Å². The molecular weight excluding hydrogens is 458 g/mol. The predicted octanol–water partition coefficient (Wildman–Crippen LogP) is 3.17. The fourth-order valence-electron chi connectivity index (χ4n) is 3.70. The van der Waals surface area contributed by atoms with Gasteiger partial charge in [0.2, 0.25) is 5.91 Å². The molecule has 0 spiro atoms. The highest BCUT2D eigenvalue weighted by atomic mass is 35.5. The highest BCUT2D eigenvalue weighted by Crippen LogP contribution is 2.34. The number of likely N-dealkylation sites (N-methyl/N-ethyl adjacent to an activating group) is 1. The van der Waals surface area contributed by atoms with Crippen LogP contribution >= 0.6 is 11.6 Å². The van der Waals surface area contributed by atoms with Crippen molar-refractivity contribution >= 4 is 34.9 Å². The first-order chi connectivity index (χ1) is 16.3. The minimum atomic E-state index is -0.764. The third-order valence-electron chi connectivity index (χ3n) is 5.71. The molecule has 1 aliphatic heterocycles. The third kappa shape index (κ3) is 6.27. The second kappa shape index (κ2) is 11.9. The Morgan fingerprint density at radius 1 is 1.21 bits per heavy atom. The number of Topliss-reactive ketones (excluding diaryl/α,β-unsaturated/α-hetero) is 1. The van der Waals surface area contributed by atoms with Crippen LogP contribution in [0.2, 0.25) is 5.02 Å². The van der Waals surface area contributed by atoms with Gasteiger partial charge in [-0.25, -0.2) is 0 Å². The van der Waals surface area contributed by atoms with Gasteiger partial charge in [-0.05, 0) is 56.4 Å². The molecule has 0 aromatic heterocycles. The van der Waals surface area contributed by atoms with Crippen LogP contribution in [0, 0.1) is 0 Å². The summed E-state index contributed by atoms with van der Waals surface area (Å²) in [5, 5.41) is 3.41. The molecule has 1 aliphatic rings. The SMILES string of the molecule is CCN(CC)CCNC(=O)[C@H](C)N1C(=O)COc2ccc(C(=O)COc3cccc(Cl)c3)cc21. The van der Waals surface area contributed by atoms with Gasteiger partial charge < -0.3 is 19.7 Å². The van der Waals surface area contributed by atoms with Gasteiger partial charge in [0.05, 0.1) is 5.69 Å². The zero-order chi connectivity index (χ0) is 24.7. The zero-order valence-electron chi connectivity index (χ0n) is 19.7. The number of fused-ring (bicyclic) bond motifs is 1. The van der Waals surface area contributed by atoms with Gasteiger partial charge in [-0.1, -0.05) is 31.5 Å². The van der Waals surface area contributed by atoms with E-state index >= 15 is 0 Å². The molecule has 2 aromatic rings. The molecule has 1 N–H and O–H groups in total. The summed E-state index contributed by atoms with van der Waals surface area (Å²) in [6.07, 6.45) is 0. The van der Waals surface area contributed by atoms with Crippen molar-refractivity contribution in [3.63, 3.8) is 0 Å². The maximum Gasteiger partial charge on any atom is 0.265 e. The molecule has 1 atom stereocenters. The molecule has 9 heteroatoms. The molecule has 2 aromatic carbocycles. The van der Waals surface area contributed by atoms with Crippen LogP contribution in [0.5, 0.6) is 11.5 Å². The first-order valence-corrected chi connectivity index (χ1v) is 11.7. The van der Waals surface area contributed by atoms with Crippen LogP contribution in [0.15, 0.2) is 42.5 Å². The van der Waals surface area contributed by atoms with Crippen molar-refractivity contribution in [3.8, 4) is 11.5 Å². The van der Waals surface area contributed by atoms with Gasteiger partial charge >= 0.3 is 0 Å². The molecule has 3 rings (SSSR count). The number of ether oxygens (including phenoxy) is 2. The quantitative estimate of drug-likeness (QED) is 0.490. The molecule has 0 aliphatic carbocycles. The van der Waals surface area contributed by atoms with E-state index in [0.717, 1.165) is 19.6 Å². The van der Waals surface area contributed by atoms with Crippen molar-refractivity contribution < 1.29 is 23.9 Å². The molecule has 2 amide bonds. The number of benzene rings is 2. The van der Waals surface area contributed by atoms with Gasteiger partial charge in [0.15, 0.2) is 19.0 Å². The number of rotatable bonds is 11. The Morgan fingerprint density at radius 2 is 1.97 bits per heavy atom. The summed E-state index contributed by atoms with van der Waals surface area (Å²) in [7, 11) is 0. The number of ketones is 1. The Morgan fingerprint density at radius 3 is 2.68 bits per heavy atom. The van der Waals surface area contributed by atoms with E-state index in [4.69, 9.17) is 21.1 Å². The Kier molecular flexibility index (Phi) is 8.90. The lowest BCUT2D eigenvalue weighted by atomic mass is 10.1. The number of carbonyl (C=O) groups is 3. The number of nitrogens with zero attached hydrogens (tertiary/aromatic N) is 2. The predicted molar refractivity (Wildman–Crippen MR) is 131 cm³/mol. The molecule has 0 fully saturated rings. The summed E-state index contributed by atoms with van der Waals surface area (Å²) in [6, 6.07) is 10.8. The smallest absolute Gasteiger partial charge is 0.265 e. The van der Waals surface area contributed by atoms with Crippen LogP contribution in [-0.4, -0.2) is 67.9 Å². The van der Waals surface area contributed by atoms with Gasteiger partial charge in [0.25, 0.3) is 5.91 Å². The Balaban J connectivity index is 1.71. The number of nitrogens with one attached hydrogen (secondary N) is 1. The van der Waals surface area contributed by atoms with E-state index in [2.05, 4.69) is 24.1 Å². The number of anilines is 1. The molecule has 182 valence electrons. The van der Waals surface area contributed by atoms with E-state index in [1.54, 1.807) is 49.4 Å². The topological polar surface area (TPSA) is 88.2 Å². The van der Waals surface area contributed by atoms with Gasteiger partial charge in [-0.3, -0.25) is 19.3 Å². The Hall–Kier alpha value is -3.10. The monoisotopic (exact) mass is 487 g/mol. The lowest BCUT2D eigenvalue weighted by molar-refractivity contribution is -0.127. The number of hydrogen-bond donors (Lipinski definition) is 1. The van der Waals surface area contributed by atoms with Crippen molar-refractivity contribution in [3.05, 3.63) is 53.1 Å². The van der Waals surface area contributed by atoms with Crippen molar-refractivity contribution in [1.82, 2.24) is 10.2 Å². The van der Waals surface area contributed by atoms with Crippen molar-refractivity contribution in [2.24, 2.45) is 0 Å². The summed E-state index contributed by atoms with van der Waals surface area (Å²) in [5.41, 5.74) is 0.731. The first-order valence-electron chi connectivity index (χ1n) is 11.3. The molecule has 1 heterocycles. The highest BCUT2D eigenvalue weighted by molar-refractivity contribution is 6.30. The average molecular weight is 488 g/mol. The van der Waals surface area contributed by atoms with Crippen LogP contribution in [0.4, 0.5) is 5.69 Å². The minimum Gasteiger partial charge on any atom is -0.485 e. The van der Waals surface area contributed by atoms with Crippen LogP contribution in [-0.2, 0) is 9.59 Å². The molecule has 34 heavy (non-hydrogen) atoms. The summed E-state index contributed by atoms with van der Waals surface area (Å²) >= 11 is 5.95. The normalized spacial score (nSPS) is 13.8. The second-order valence-electron chi connectivity index (χ2n) is 7.90. The van der Waals surface area contributed by atoms with E-state index in [9.17, 15) is 14.4 Å². The molecule has 0 saturated heterocycles. The van der Waals surface area contributed by atoms with Crippen LogP contribution in [0.3, 0.4) is 0 Å². The molecule has 0 saturated carbocycles. The first kappa shape index (κ1) is 25.5. The fraction of sp³-hybridized carbons (Fsp3) is 0.400. The van der Waals surface area contributed by atoms with Gasteiger partial charge in [0, 0.05) is 23.7 Å². The van der Waals surface area contributed by atoms with E-state index in [-0.39, 0.29) is 30.8 Å². The number of hydrogen-bond acceptors (Lipinski definition) is 6. The molecule has 0 unspecified atom stereocenters. The molecular formula is C25H30ClN3O5. The summed E-state index contributed by atoms with van der Waals surface area (Å²) < 4.78 is 11.1. The van der Waals surface area contributed by atoms with Crippen molar-refractivity contribution in [2.45, 2.75) is 26.8 Å². The maximum atomic E-state index is 12.8. The van der Waals surface area contributed by atoms with Gasteiger partial charge in [-0.2, -0.15) is 0 Å². The molecule has 0 radical (unpaired) electrons. The molecule has 8 nitrogen and oxygen atoms in total. The van der Waals surface area contributed by atoms with Crippen molar-refractivity contribution in [1.29, 1.82) is 0 Å². The third-order valence-corrected chi connectivity index (χ3v) is 5.95. The van der Waals surface area contributed by atoms with Crippen molar-refractivity contribution in [2.75, 3.05) is 44.3 Å². The fourth-order valence-corrected chi connectivity index (χ4v) is 3.88. The summed E-state index contributed by atoms with van der Waals surface area (Å²) in [5.74, 6) is 0.0220. The average Bonchev–Trinajstić information content (AvgIpc) is 2.84. The van der Waals surface area contributed by atoms with Crippen LogP contribution < -0.4 is 19.7 Å². The van der Waals surface area contributed by atoms with E-state index < -0.39 is 6.04 Å². The minimum absolute atomic E-state index is 0.171. The largest absolute Gasteiger partial charge is 0.485 e. The van der Waals surface area contributed by atoms with Crippen LogP contribution in [0.1, 0.15) is 31.1 Å². The number of amides is 2. The Labute approximate surface area is 204 Å². The maximum absolute atomic E-state index is 12.8. The van der Waals surface area contributed by atoms with E-state index in [0.29, 0.717) is 34.3 Å². The lowest BCUT2D eigenvalue weighted by Gasteiger charge is -2.33. The lowest BCUT2D eigenvalue weighted by Crippen LogP contribution is -2.52. The standard InChI is InChI=1S/C25H30ClN3O5/c1-4-28(5-2)12-11-27-25(32)17(3)29-21-13-18(9-10-23(21)34-16-24(29)31)22(30)15-33-20-8-6-7-19(26)14-20/h6-10,13-14,17H,4-5,11-12,15-16H2,1-3H3,(H,27,32)/t17-/m0/s1. The summed E-state index contributed by atoms with van der Waals surface area (Å²) in [4.78, 5) is 41.8. The highest BCUT2D eigenvalue weighted by Gasteiger charge is 2.33. The number of halogens is 1. The van der Waals surface area contributed by atoms with Crippen LogP contribution in [0.25, 0.3) is 0 Å². The van der Waals surface area contributed by atoms with Gasteiger partial charge in [0.1, 0.15) is 17.5 Å². The van der Waals surface area contributed by atoms with E-state index in [1.807, 2.05) is 0 Å². The zero-order valence-corrected chi connectivity index (χ0v) is 20.4. The Bertz CT molecular complexity index is 1040. The molecule has 0 bridgehead atoms.